The summed E-state index contributed by atoms with van der Waals surface area (Å²) in [6.45, 7) is 3.94. The molecule has 2 aromatic rings. The summed E-state index contributed by atoms with van der Waals surface area (Å²) in [6, 6.07) is 15.2. The topological polar surface area (TPSA) is 26.0 Å². The fraction of sp³-hybridized carbons (Fsp3) is 0.294. The van der Waals surface area contributed by atoms with Gasteiger partial charge in [-0.15, -0.1) is 0 Å². The summed E-state index contributed by atoms with van der Waals surface area (Å²) >= 11 is 0. The quantitative estimate of drug-likeness (QED) is 0.882. The summed E-state index contributed by atoms with van der Waals surface area (Å²) in [6.07, 6.45) is 1.48. The van der Waals surface area contributed by atoms with Gasteiger partial charge < -0.3 is 5.73 Å². The van der Waals surface area contributed by atoms with Crippen LogP contribution in [0.2, 0.25) is 0 Å². The lowest BCUT2D eigenvalue weighted by Crippen LogP contribution is -2.38. The van der Waals surface area contributed by atoms with Gasteiger partial charge in [-0.2, -0.15) is 0 Å². The minimum atomic E-state index is -0.520. The highest BCUT2D eigenvalue weighted by Gasteiger charge is 2.26. The predicted octanol–water partition coefficient (Wildman–Crippen LogP) is 3.94. The van der Waals surface area contributed by atoms with Crippen LogP contribution in [0.5, 0.6) is 0 Å². The van der Waals surface area contributed by atoms with Crippen molar-refractivity contribution >= 4 is 0 Å². The standard InChI is InChI=1S/C17H20FN/c1-3-17(19,12-14-7-5-4-6-8-14)15-9-13(2)10-16(18)11-15/h4-11H,3,12,19H2,1-2H3. The van der Waals surface area contributed by atoms with Crippen molar-refractivity contribution < 1.29 is 4.39 Å². The fourth-order valence-corrected chi connectivity index (χ4v) is 2.42. The third-order valence-electron chi connectivity index (χ3n) is 3.61. The van der Waals surface area contributed by atoms with Gasteiger partial charge >= 0.3 is 0 Å². The summed E-state index contributed by atoms with van der Waals surface area (Å²) in [5, 5.41) is 0. The highest BCUT2D eigenvalue weighted by atomic mass is 19.1. The largest absolute Gasteiger partial charge is 0.321 e. The number of nitrogens with two attached hydrogens (primary N) is 1. The van der Waals surface area contributed by atoms with Gasteiger partial charge in [-0.3, -0.25) is 0 Å². The molecule has 1 nitrogen and oxygen atoms in total. The molecule has 1 atom stereocenters. The van der Waals surface area contributed by atoms with E-state index in [4.69, 9.17) is 5.73 Å². The average molecular weight is 257 g/mol. The van der Waals surface area contributed by atoms with Crippen LogP contribution in [0.15, 0.2) is 48.5 Å². The Kier molecular flexibility index (Phi) is 4.01. The summed E-state index contributed by atoms with van der Waals surface area (Å²) in [7, 11) is 0. The van der Waals surface area contributed by atoms with Gasteiger partial charge in [-0.25, -0.2) is 4.39 Å². The van der Waals surface area contributed by atoms with Crippen molar-refractivity contribution in [2.24, 2.45) is 5.73 Å². The van der Waals surface area contributed by atoms with Crippen LogP contribution in [0, 0.1) is 12.7 Å². The molecule has 0 aliphatic heterocycles. The lowest BCUT2D eigenvalue weighted by atomic mass is 9.82. The second kappa shape index (κ2) is 5.54. The van der Waals surface area contributed by atoms with Crippen molar-refractivity contribution in [3.05, 3.63) is 71.0 Å². The highest BCUT2D eigenvalue weighted by molar-refractivity contribution is 5.32. The first-order valence-corrected chi connectivity index (χ1v) is 6.64. The number of rotatable bonds is 4. The second-order valence-electron chi connectivity index (χ2n) is 5.19. The molecule has 0 heterocycles. The zero-order valence-electron chi connectivity index (χ0n) is 11.5. The lowest BCUT2D eigenvalue weighted by molar-refractivity contribution is 0.422. The van der Waals surface area contributed by atoms with Crippen molar-refractivity contribution in [1.29, 1.82) is 0 Å². The summed E-state index contributed by atoms with van der Waals surface area (Å²) < 4.78 is 13.6. The molecule has 0 fully saturated rings. The first kappa shape index (κ1) is 13.8. The molecule has 2 rings (SSSR count). The van der Waals surface area contributed by atoms with Crippen LogP contribution < -0.4 is 5.73 Å². The SMILES string of the molecule is CCC(N)(Cc1ccccc1)c1cc(C)cc(F)c1. The summed E-state index contributed by atoms with van der Waals surface area (Å²) in [4.78, 5) is 0. The minimum absolute atomic E-state index is 0.216. The molecule has 0 aromatic heterocycles. The molecule has 2 aromatic carbocycles. The summed E-state index contributed by atoms with van der Waals surface area (Å²) in [5.41, 5.74) is 8.96. The van der Waals surface area contributed by atoms with Crippen LogP contribution in [-0.2, 0) is 12.0 Å². The second-order valence-corrected chi connectivity index (χ2v) is 5.19. The van der Waals surface area contributed by atoms with Gasteiger partial charge in [0.25, 0.3) is 0 Å². The van der Waals surface area contributed by atoms with E-state index in [9.17, 15) is 4.39 Å². The Hall–Kier alpha value is -1.67. The number of aryl methyl sites for hydroxylation is 1. The van der Waals surface area contributed by atoms with Gasteiger partial charge in [-0.1, -0.05) is 43.3 Å². The van der Waals surface area contributed by atoms with E-state index in [2.05, 4.69) is 12.1 Å². The third kappa shape index (κ3) is 3.21. The van der Waals surface area contributed by atoms with Crippen LogP contribution in [0.1, 0.15) is 30.0 Å². The number of hydrogen-bond acceptors (Lipinski definition) is 1. The van der Waals surface area contributed by atoms with Gasteiger partial charge in [0.1, 0.15) is 5.82 Å². The number of hydrogen-bond donors (Lipinski definition) is 1. The van der Waals surface area contributed by atoms with E-state index < -0.39 is 5.54 Å². The van der Waals surface area contributed by atoms with E-state index in [1.807, 2.05) is 38.1 Å². The van der Waals surface area contributed by atoms with E-state index in [1.54, 1.807) is 6.07 Å². The smallest absolute Gasteiger partial charge is 0.123 e. The predicted molar refractivity (Wildman–Crippen MR) is 77.4 cm³/mol. The maximum Gasteiger partial charge on any atom is 0.123 e. The molecule has 0 saturated heterocycles. The van der Waals surface area contributed by atoms with Gasteiger partial charge in [0.05, 0.1) is 0 Å². The van der Waals surface area contributed by atoms with E-state index in [-0.39, 0.29) is 5.82 Å². The van der Waals surface area contributed by atoms with Gasteiger partial charge in [-0.05, 0) is 48.6 Å². The molecule has 1 unspecified atom stereocenters. The number of benzene rings is 2. The van der Waals surface area contributed by atoms with Gasteiger partial charge in [0.15, 0.2) is 0 Å². The molecule has 19 heavy (non-hydrogen) atoms. The first-order chi connectivity index (χ1) is 9.03. The molecule has 0 saturated carbocycles. The highest BCUT2D eigenvalue weighted by Crippen LogP contribution is 2.28. The number of halogens is 1. The average Bonchev–Trinajstić information content (AvgIpc) is 2.38. The Morgan fingerprint density at radius 2 is 1.79 bits per heavy atom. The normalized spacial score (nSPS) is 14.1. The Balaban J connectivity index is 2.36. The maximum atomic E-state index is 13.6. The van der Waals surface area contributed by atoms with Crippen molar-refractivity contribution in [3.63, 3.8) is 0 Å². The third-order valence-corrected chi connectivity index (χ3v) is 3.61. The first-order valence-electron chi connectivity index (χ1n) is 6.64. The molecule has 0 amide bonds. The molecule has 100 valence electrons. The zero-order valence-corrected chi connectivity index (χ0v) is 11.5. The molecule has 0 bridgehead atoms. The minimum Gasteiger partial charge on any atom is -0.321 e. The Labute approximate surface area is 114 Å². The molecular weight excluding hydrogens is 237 g/mol. The Bertz CT molecular complexity index is 530. The van der Waals surface area contributed by atoms with Crippen LogP contribution in [0.25, 0.3) is 0 Å². The molecule has 0 aliphatic rings. The van der Waals surface area contributed by atoms with Gasteiger partial charge in [0, 0.05) is 5.54 Å². The van der Waals surface area contributed by atoms with Crippen molar-refractivity contribution in [1.82, 2.24) is 0 Å². The van der Waals surface area contributed by atoms with Crippen LogP contribution >= 0.6 is 0 Å². The van der Waals surface area contributed by atoms with Crippen LogP contribution in [-0.4, -0.2) is 0 Å². The van der Waals surface area contributed by atoms with E-state index in [0.29, 0.717) is 6.42 Å². The van der Waals surface area contributed by atoms with E-state index >= 15 is 0 Å². The molecule has 0 spiro atoms. The van der Waals surface area contributed by atoms with E-state index in [0.717, 1.165) is 17.5 Å². The lowest BCUT2D eigenvalue weighted by Gasteiger charge is -2.29. The van der Waals surface area contributed by atoms with Crippen LogP contribution in [0.3, 0.4) is 0 Å². The van der Waals surface area contributed by atoms with Gasteiger partial charge in [0.2, 0.25) is 0 Å². The zero-order chi connectivity index (χ0) is 13.9. The monoisotopic (exact) mass is 257 g/mol. The van der Waals surface area contributed by atoms with Crippen molar-refractivity contribution in [2.75, 3.05) is 0 Å². The Morgan fingerprint density at radius 1 is 1.11 bits per heavy atom. The van der Waals surface area contributed by atoms with Crippen LogP contribution in [0.4, 0.5) is 4.39 Å². The molecule has 2 N–H and O–H groups in total. The molecule has 2 heteroatoms. The van der Waals surface area contributed by atoms with Crippen molar-refractivity contribution in [3.8, 4) is 0 Å². The molecule has 0 radical (unpaired) electrons. The molecule has 0 aliphatic carbocycles. The molecular formula is C17H20FN. The fourth-order valence-electron chi connectivity index (χ4n) is 2.42. The summed E-state index contributed by atoms with van der Waals surface area (Å²) in [5.74, 6) is -0.216. The van der Waals surface area contributed by atoms with Crippen molar-refractivity contribution in [2.45, 2.75) is 32.2 Å². The van der Waals surface area contributed by atoms with E-state index in [1.165, 1.54) is 11.6 Å². The maximum absolute atomic E-state index is 13.6. The Morgan fingerprint density at radius 3 is 2.37 bits per heavy atom.